The number of para-hydroxylation sites is 1. The summed E-state index contributed by atoms with van der Waals surface area (Å²) in [6.07, 6.45) is 6.15. The Morgan fingerprint density at radius 3 is 2.79 bits per heavy atom. The van der Waals surface area contributed by atoms with Gasteiger partial charge in [-0.1, -0.05) is 30.7 Å². The predicted molar refractivity (Wildman–Crippen MR) is 165 cm³/mol. The fraction of sp³-hybridized carbons (Fsp3) is 0.212. The van der Waals surface area contributed by atoms with Crippen molar-refractivity contribution in [3.8, 4) is 23.3 Å². The predicted octanol–water partition coefficient (Wildman–Crippen LogP) is 7.13. The molecule has 2 aromatic carbocycles. The number of Topliss-reactive ketones (excluding diaryl/α,β-unsaturated/α-hetero) is 1. The summed E-state index contributed by atoms with van der Waals surface area (Å²) in [5.74, 6) is 7.00. The van der Waals surface area contributed by atoms with Crippen molar-refractivity contribution in [2.24, 2.45) is 5.92 Å². The average molecular weight is 577 g/mol. The number of urea groups is 1. The van der Waals surface area contributed by atoms with Gasteiger partial charge >= 0.3 is 6.03 Å². The Morgan fingerprint density at radius 1 is 1.17 bits per heavy atom. The minimum absolute atomic E-state index is 0.115. The Kier molecular flexibility index (Phi) is 7.46. The van der Waals surface area contributed by atoms with Crippen LogP contribution in [0.4, 0.5) is 21.9 Å². The van der Waals surface area contributed by atoms with Crippen LogP contribution >= 0.6 is 11.3 Å². The maximum Gasteiger partial charge on any atom is 0.331 e. The van der Waals surface area contributed by atoms with Crippen molar-refractivity contribution in [1.29, 1.82) is 0 Å². The van der Waals surface area contributed by atoms with Gasteiger partial charge in [-0.2, -0.15) is 0 Å². The van der Waals surface area contributed by atoms with Gasteiger partial charge in [-0.05, 0) is 86.1 Å². The van der Waals surface area contributed by atoms with Crippen LogP contribution in [0.25, 0.3) is 10.2 Å². The molecule has 0 saturated heterocycles. The van der Waals surface area contributed by atoms with Crippen molar-refractivity contribution >= 4 is 56.3 Å². The van der Waals surface area contributed by atoms with Gasteiger partial charge in [0, 0.05) is 18.7 Å². The molecule has 1 aliphatic carbocycles. The minimum atomic E-state index is -0.367. The lowest BCUT2D eigenvalue weighted by molar-refractivity contribution is -0.117. The van der Waals surface area contributed by atoms with E-state index in [-0.39, 0.29) is 23.8 Å². The molecule has 8 nitrogen and oxygen atoms in total. The lowest BCUT2D eigenvalue weighted by Gasteiger charge is -2.29. The molecule has 0 spiro atoms. The highest BCUT2D eigenvalue weighted by molar-refractivity contribution is 7.21. The topological polar surface area (TPSA) is 101 Å². The first-order valence-electron chi connectivity index (χ1n) is 13.7. The molecule has 0 radical (unpaired) electrons. The van der Waals surface area contributed by atoms with Crippen molar-refractivity contribution in [3.63, 3.8) is 0 Å². The van der Waals surface area contributed by atoms with Crippen LogP contribution in [0.3, 0.4) is 0 Å². The third kappa shape index (κ3) is 5.37. The van der Waals surface area contributed by atoms with E-state index in [1.807, 2.05) is 55.5 Å². The van der Waals surface area contributed by atoms with E-state index >= 15 is 0 Å². The second-order valence-corrected chi connectivity index (χ2v) is 11.4. The molecule has 3 amide bonds. The molecule has 1 fully saturated rings. The molecule has 210 valence electrons. The monoisotopic (exact) mass is 576 g/mol. The van der Waals surface area contributed by atoms with E-state index in [0.717, 1.165) is 30.6 Å². The molecule has 2 aliphatic rings. The maximum atomic E-state index is 13.5. The molecule has 0 bridgehead atoms. The number of aryl methyl sites for hydroxylation is 1. The van der Waals surface area contributed by atoms with Gasteiger partial charge in [0.25, 0.3) is 0 Å². The number of rotatable bonds is 7. The van der Waals surface area contributed by atoms with Crippen LogP contribution in [0.5, 0.6) is 11.5 Å². The first-order chi connectivity index (χ1) is 20.4. The van der Waals surface area contributed by atoms with E-state index < -0.39 is 0 Å². The zero-order valence-electron chi connectivity index (χ0n) is 23.0. The molecule has 3 heterocycles. The summed E-state index contributed by atoms with van der Waals surface area (Å²) >= 11 is 1.23. The smallest absolute Gasteiger partial charge is 0.331 e. The Balaban J connectivity index is 1.23. The molecule has 4 aromatic rings. The zero-order valence-corrected chi connectivity index (χ0v) is 23.8. The van der Waals surface area contributed by atoms with Crippen molar-refractivity contribution in [3.05, 3.63) is 83.9 Å². The summed E-state index contributed by atoms with van der Waals surface area (Å²) in [6.45, 7) is 5.42. The van der Waals surface area contributed by atoms with Gasteiger partial charge in [-0.25, -0.2) is 9.78 Å². The molecule has 1 aliphatic heterocycles. The van der Waals surface area contributed by atoms with E-state index in [0.29, 0.717) is 50.2 Å². The number of pyridine rings is 1. The minimum Gasteiger partial charge on any atom is -0.457 e. The number of hydrogen-bond acceptors (Lipinski definition) is 6. The first kappa shape index (κ1) is 27.2. The van der Waals surface area contributed by atoms with Gasteiger partial charge < -0.3 is 15.4 Å². The van der Waals surface area contributed by atoms with Crippen LogP contribution in [-0.2, 0) is 4.79 Å². The standard InChI is InChI=1S/C33H28N4O4S/c1-3-28(39)35-22-13-12-21(19-22)8-7-11-27(38)31-30-29-26(16-17-34-32(29)42-31)37(33(40)36-30)25-15-14-24(18-20(25)2)41-23-9-5-4-6-10-23/h3-6,9-10,14-18,21-22H,1,8,12-13,19H2,2H3,(H,35,39)(H,36,40)/t21-,22-/m0/s1. The van der Waals surface area contributed by atoms with Crippen molar-refractivity contribution in [2.75, 3.05) is 10.2 Å². The summed E-state index contributed by atoms with van der Waals surface area (Å²) in [4.78, 5) is 45.4. The normalized spacial score (nSPS) is 17.3. The second-order valence-electron chi connectivity index (χ2n) is 10.4. The molecule has 2 aromatic heterocycles. The quantitative estimate of drug-likeness (QED) is 0.106. The van der Waals surface area contributed by atoms with Gasteiger partial charge in [0.1, 0.15) is 21.2 Å². The van der Waals surface area contributed by atoms with Crippen molar-refractivity contribution in [1.82, 2.24) is 10.3 Å². The Bertz CT molecular complexity index is 1790. The maximum absolute atomic E-state index is 13.5. The molecule has 1 saturated carbocycles. The number of ether oxygens (including phenoxy) is 1. The van der Waals surface area contributed by atoms with Crippen LogP contribution in [-0.4, -0.2) is 28.7 Å². The van der Waals surface area contributed by atoms with Gasteiger partial charge in [-0.3, -0.25) is 14.5 Å². The van der Waals surface area contributed by atoms with E-state index in [9.17, 15) is 14.4 Å². The fourth-order valence-electron chi connectivity index (χ4n) is 5.53. The zero-order chi connectivity index (χ0) is 29.2. The van der Waals surface area contributed by atoms with Crippen LogP contribution in [0, 0.1) is 24.7 Å². The summed E-state index contributed by atoms with van der Waals surface area (Å²) < 4.78 is 5.96. The number of nitrogens with zero attached hydrogens (tertiary/aromatic N) is 2. The fourth-order valence-corrected chi connectivity index (χ4v) is 6.55. The molecule has 6 rings (SSSR count). The molecule has 0 unspecified atom stereocenters. The first-order valence-corrected chi connectivity index (χ1v) is 14.5. The lowest BCUT2D eigenvalue weighted by atomic mass is 10.0. The SMILES string of the molecule is C=CC(=O)N[C@H]1CC[C@H](CC#CC(=O)c2sc3nccc4c3c2NC(=O)N4c2ccc(Oc3ccccc3)cc2C)C1. The third-order valence-electron chi connectivity index (χ3n) is 7.51. The number of hydrogen-bond donors (Lipinski definition) is 2. The number of benzene rings is 2. The van der Waals surface area contributed by atoms with Crippen LogP contribution in [0.15, 0.2) is 73.4 Å². The number of ketones is 1. The number of thiophene rings is 1. The van der Waals surface area contributed by atoms with Gasteiger partial charge in [0.2, 0.25) is 11.7 Å². The molecule has 2 atom stereocenters. The summed E-state index contributed by atoms with van der Waals surface area (Å²) in [7, 11) is 0. The summed E-state index contributed by atoms with van der Waals surface area (Å²) in [6, 6.07) is 16.6. The van der Waals surface area contributed by atoms with Gasteiger partial charge in [0.15, 0.2) is 0 Å². The number of carbonyl (C=O) groups excluding carboxylic acids is 3. The second kappa shape index (κ2) is 11.5. The number of aromatic nitrogens is 1. The summed E-state index contributed by atoms with van der Waals surface area (Å²) in [5.41, 5.74) is 2.65. The highest BCUT2D eigenvalue weighted by Crippen LogP contribution is 2.46. The molecular formula is C33H28N4O4S. The van der Waals surface area contributed by atoms with Crippen molar-refractivity contribution in [2.45, 2.75) is 38.6 Å². The lowest BCUT2D eigenvalue weighted by Crippen LogP contribution is -2.34. The number of carbonyl (C=O) groups is 3. The average Bonchev–Trinajstić information content (AvgIpc) is 3.59. The van der Waals surface area contributed by atoms with Gasteiger partial charge in [0.05, 0.1) is 22.4 Å². The number of anilines is 3. The number of nitrogens with one attached hydrogen (secondary N) is 2. The number of amides is 3. The highest BCUT2D eigenvalue weighted by atomic mass is 32.1. The highest BCUT2D eigenvalue weighted by Gasteiger charge is 2.33. The molecule has 42 heavy (non-hydrogen) atoms. The Hall–Kier alpha value is -4.94. The third-order valence-corrected chi connectivity index (χ3v) is 8.60. The van der Waals surface area contributed by atoms with Crippen molar-refractivity contribution < 1.29 is 19.1 Å². The van der Waals surface area contributed by atoms with Gasteiger partial charge in [-0.15, -0.1) is 11.3 Å². The van der Waals surface area contributed by atoms with Crippen LogP contribution in [0.2, 0.25) is 0 Å². The van der Waals surface area contributed by atoms with E-state index in [4.69, 9.17) is 4.74 Å². The van der Waals surface area contributed by atoms with E-state index in [1.54, 1.807) is 17.2 Å². The molecule has 2 N–H and O–H groups in total. The summed E-state index contributed by atoms with van der Waals surface area (Å²) in [5, 5.41) is 6.58. The van der Waals surface area contributed by atoms with E-state index in [1.165, 1.54) is 17.4 Å². The largest absolute Gasteiger partial charge is 0.457 e. The molecular weight excluding hydrogens is 548 g/mol. The Labute approximate surface area is 247 Å². The van der Waals surface area contributed by atoms with Crippen LogP contribution in [0.1, 0.15) is 40.9 Å². The van der Waals surface area contributed by atoms with E-state index in [2.05, 4.69) is 34.0 Å². The van der Waals surface area contributed by atoms with Crippen LogP contribution < -0.4 is 20.3 Å². The molecule has 9 heteroatoms. The Morgan fingerprint density at radius 2 is 2.00 bits per heavy atom.